The molecule has 0 fully saturated rings. The molecule has 0 aliphatic carbocycles. The molecule has 2 heterocycles. The van der Waals surface area contributed by atoms with Gasteiger partial charge >= 0.3 is 124 Å². The van der Waals surface area contributed by atoms with Gasteiger partial charge in [-0.25, -0.2) is 0 Å². The molecule has 0 radical (unpaired) electrons. The fourth-order valence-electron chi connectivity index (χ4n) is 1.50. The van der Waals surface area contributed by atoms with Crippen molar-refractivity contribution in [1.29, 1.82) is 0 Å². The van der Waals surface area contributed by atoms with Gasteiger partial charge in [0.2, 0.25) is 0 Å². The average Bonchev–Trinajstić information content (AvgIpc) is 2.87. The second kappa shape index (κ2) is 5.32. The predicted molar refractivity (Wildman–Crippen MR) is 74.8 cm³/mol. The van der Waals surface area contributed by atoms with Gasteiger partial charge in [0.25, 0.3) is 0 Å². The molecule has 1 atom stereocenters. The third-order valence-electron chi connectivity index (χ3n) is 2.57. The molecule has 0 spiro atoms. The van der Waals surface area contributed by atoms with E-state index in [-0.39, 0.29) is 11.1 Å². The van der Waals surface area contributed by atoms with Gasteiger partial charge in [0.15, 0.2) is 0 Å². The fourth-order valence-corrected chi connectivity index (χ4v) is 2.13. The second-order valence-corrected chi connectivity index (χ2v) is 6.15. The van der Waals surface area contributed by atoms with Crippen molar-refractivity contribution in [3.05, 3.63) is 23.5 Å². The van der Waals surface area contributed by atoms with Crippen LogP contribution in [0.3, 0.4) is 0 Å². The summed E-state index contributed by atoms with van der Waals surface area (Å²) in [7, 11) is 0. The number of nitrogens with zero attached hydrogens (tertiary/aromatic N) is 4. The van der Waals surface area contributed by atoms with E-state index in [9.17, 15) is 4.79 Å². The molecule has 2 rings (SSSR count). The van der Waals surface area contributed by atoms with Gasteiger partial charge in [-0.05, 0) is 0 Å². The zero-order valence-corrected chi connectivity index (χ0v) is 14.0. The monoisotopic (exact) mass is 337 g/mol. The Labute approximate surface area is 124 Å². The van der Waals surface area contributed by atoms with Gasteiger partial charge in [-0.1, -0.05) is 0 Å². The van der Waals surface area contributed by atoms with Crippen LogP contribution in [-0.2, 0) is 10.6 Å². The van der Waals surface area contributed by atoms with Gasteiger partial charge in [0, 0.05) is 0 Å². The molecule has 0 aliphatic rings. The number of carbonyl (C=O) groups is 1. The number of primary amides is 1. The summed E-state index contributed by atoms with van der Waals surface area (Å²) in [5.41, 5.74) is 6.18. The Morgan fingerprint density at radius 1 is 1.40 bits per heavy atom. The molecule has 20 heavy (non-hydrogen) atoms. The number of amides is 1. The fraction of sp³-hybridized carbons (Fsp3) is 0.417. The zero-order chi connectivity index (χ0) is 14.9. The van der Waals surface area contributed by atoms with Crippen molar-refractivity contribution in [1.82, 2.24) is 20.1 Å². The Morgan fingerprint density at radius 3 is 2.60 bits per heavy atom. The first-order valence-corrected chi connectivity index (χ1v) is 7.74. The van der Waals surface area contributed by atoms with Crippen molar-refractivity contribution < 1.29 is 9.32 Å². The standard InChI is InChI=1S/C12H16AsN5O2/c1-12(2,3)11-17-10(18-20-11)7-5-15-6(4-13)8(16-7)9(14)19/h5H,4,13H2,1-3H3,(H2,14,19). The Bertz CT molecular complexity index is 648. The van der Waals surface area contributed by atoms with E-state index in [0.29, 0.717) is 28.3 Å². The summed E-state index contributed by atoms with van der Waals surface area (Å²) in [6.07, 6.45) is 1.53. The SMILES string of the molecule is CC(C)(C)c1nc(-c2cnc(C[AsH2])c(C(N)=O)n2)no1. The summed E-state index contributed by atoms with van der Waals surface area (Å²) < 4.78 is 5.20. The summed E-state index contributed by atoms with van der Waals surface area (Å²) in [5, 5.41) is 4.51. The summed E-state index contributed by atoms with van der Waals surface area (Å²) in [4.78, 5) is 24.1. The van der Waals surface area contributed by atoms with E-state index in [1.807, 2.05) is 20.8 Å². The quantitative estimate of drug-likeness (QED) is 0.794. The van der Waals surface area contributed by atoms with Gasteiger partial charge in [0.05, 0.1) is 0 Å². The van der Waals surface area contributed by atoms with Crippen LogP contribution in [-0.4, -0.2) is 42.9 Å². The topological polar surface area (TPSA) is 108 Å². The number of carbonyl (C=O) groups excluding carboxylic acids is 1. The molecule has 2 aromatic heterocycles. The summed E-state index contributed by atoms with van der Waals surface area (Å²) in [5.74, 6) is 0.197. The minimum absolute atomic E-state index is 0.161. The summed E-state index contributed by atoms with van der Waals surface area (Å²) in [6, 6.07) is 0. The van der Waals surface area contributed by atoms with E-state index >= 15 is 0 Å². The van der Waals surface area contributed by atoms with Crippen LogP contribution in [0.25, 0.3) is 11.5 Å². The maximum absolute atomic E-state index is 11.4. The molecule has 1 unspecified atom stereocenters. The van der Waals surface area contributed by atoms with Crippen LogP contribution >= 0.6 is 0 Å². The average molecular weight is 337 g/mol. The minimum atomic E-state index is -0.605. The van der Waals surface area contributed by atoms with Crippen LogP contribution < -0.4 is 5.73 Å². The Morgan fingerprint density at radius 2 is 2.10 bits per heavy atom. The molecule has 0 saturated carbocycles. The zero-order valence-electron chi connectivity index (χ0n) is 11.5. The van der Waals surface area contributed by atoms with Crippen molar-refractivity contribution >= 4 is 22.8 Å². The molecule has 8 heteroatoms. The predicted octanol–water partition coefficient (Wildman–Crippen LogP) is 0.0561. The maximum atomic E-state index is 11.4. The first-order valence-electron chi connectivity index (χ1n) is 6.03. The third-order valence-corrected chi connectivity index (χ3v) is 3.38. The molecule has 2 N–H and O–H groups in total. The van der Waals surface area contributed by atoms with Crippen molar-refractivity contribution in [3.8, 4) is 11.5 Å². The van der Waals surface area contributed by atoms with E-state index in [2.05, 4.69) is 20.1 Å². The molecule has 2 aromatic rings. The van der Waals surface area contributed by atoms with Crippen LogP contribution in [0.2, 0.25) is 0 Å². The molecule has 1 amide bonds. The number of hydrogen-bond donors (Lipinski definition) is 1. The Hall–Kier alpha value is -1.75. The first kappa shape index (κ1) is 14.7. The Balaban J connectivity index is 2.46. The van der Waals surface area contributed by atoms with Crippen LogP contribution in [0.15, 0.2) is 10.7 Å². The van der Waals surface area contributed by atoms with E-state index in [1.54, 1.807) is 0 Å². The van der Waals surface area contributed by atoms with E-state index < -0.39 is 5.91 Å². The van der Waals surface area contributed by atoms with Crippen molar-refractivity contribution in [2.75, 3.05) is 0 Å². The van der Waals surface area contributed by atoms with Gasteiger partial charge in [0.1, 0.15) is 0 Å². The van der Waals surface area contributed by atoms with E-state index in [0.717, 1.165) is 0 Å². The number of rotatable bonds is 3. The van der Waals surface area contributed by atoms with Gasteiger partial charge in [-0.15, -0.1) is 0 Å². The normalized spacial score (nSPS) is 11.6. The molecular formula is C12H16AsN5O2. The summed E-state index contributed by atoms with van der Waals surface area (Å²) in [6.45, 7) is 5.90. The van der Waals surface area contributed by atoms with Gasteiger partial charge in [-0.3, -0.25) is 0 Å². The van der Waals surface area contributed by atoms with Crippen molar-refractivity contribution in [2.45, 2.75) is 31.4 Å². The van der Waals surface area contributed by atoms with Crippen LogP contribution in [0.4, 0.5) is 0 Å². The van der Waals surface area contributed by atoms with Gasteiger partial charge < -0.3 is 0 Å². The molecule has 0 bridgehead atoms. The van der Waals surface area contributed by atoms with Crippen molar-refractivity contribution in [2.24, 2.45) is 5.73 Å². The second-order valence-electron chi connectivity index (χ2n) is 5.29. The number of aromatic nitrogens is 4. The molecule has 7 nitrogen and oxygen atoms in total. The van der Waals surface area contributed by atoms with E-state index in [4.69, 9.17) is 10.3 Å². The third kappa shape index (κ3) is 2.88. The van der Waals surface area contributed by atoms with Crippen LogP contribution in [0.5, 0.6) is 0 Å². The van der Waals surface area contributed by atoms with E-state index in [1.165, 1.54) is 23.0 Å². The number of hydrogen-bond acceptors (Lipinski definition) is 6. The van der Waals surface area contributed by atoms with Crippen LogP contribution in [0, 0.1) is 0 Å². The molecular weight excluding hydrogens is 321 g/mol. The molecule has 106 valence electrons. The van der Waals surface area contributed by atoms with Crippen LogP contribution in [0.1, 0.15) is 42.8 Å². The first-order chi connectivity index (χ1) is 9.32. The molecule has 0 saturated heterocycles. The molecule has 0 aliphatic heterocycles. The summed E-state index contributed by atoms with van der Waals surface area (Å²) >= 11 is 1.43. The molecule has 0 aromatic carbocycles. The van der Waals surface area contributed by atoms with Gasteiger partial charge in [-0.2, -0.15) is 0 Å². The van der Waals surface area contributed by atoms with Crippen molar-refractivity contribution in [3.63, 3.8) is 0 Å². The number of nitrogens with two attached hydrogens (primary N) is 1. The Kier molecular flexibility index (Phi) is 3.90.